The van der Waals surface area contributed by atoms with Crippen LogP contribution in [0.1, 0.15) is 56.5 Å². The van der Waals surface area contributed by atoms with E-state index in [2.05, 4.69) is 27.7 Å². The highest BCUT2D eigenvalue weighted by atomic mass is 16.4. The lowest BCUT2D eigenvalue weighted by molar-refractivity contribution is -0.119. The summed E-state index contributed by atoms with van der Waals surface area (Å²) in [5.74, 6) is -0.187. The third-order valence-electron chi connectivity index (χ3n) is 4.21. The normalized spacial score (nSPS) is 11.7. The monoisotopic (exact) mass is 276 g/mol. The zero-order valence-corrected chi connectivity index (χ0v) is 12.8. The summed E-state index contributed by atoms with van der Waals surface area (Å²) in [6.07, 6.45) is 1.84. The predicted molar refractivity (Wildman–Crippen MR) is 80.0 cm³/mol. The molecule has 0 aliphatic carbocycles. The molecule has 1 aromatic rings. The first-order chi connectivity index (χ1) is 9.22. The third kappa shape index (κ3) is 4.80. The summed E-state index contributed by atoms with van der Waals surface area (Å²) < 4.78 is 0. The summed E-state index contributed by atoms with van der Waals surface area (Å²) in [5.41, 5.74) is 1.30. The molecule has 0 bridgehead atoms. The van der Waals surface area contributed by atoms with Gasteiger partial charge in [0, 0.05) is 12.8 Å². The van der Waals surface area contributed by atoms with Crippen LogP contribution in [-0.4, -0.2) is 16.9 Å². The second kappa shape index (κ2) is 6.69. The molecule has 0 radical (unpaired) electrons. The van der Waals surface area contributed by atoms with Crippen LogP contribution in [0.3, 0.4) is 0 Å². The molecule has 3 heteroatoms. The van der Waals surface area contributed by atoms with Crippen molar-refractivity contribution in [2.45, 2.75) is 47.0 Å². The maximum Gasteiger partial charge on any atom is 0.335 e. The number of rotatable bonds is 7. The Kier molecular flexibility index (Phi) is 5.49. The van der Waals surface area contributed by atoms with Gasteiger partial charge in [0.2, 0.25) is 0 Å². The van der Waals surface area contributed by atoms with Crippen molar-refractivity contribution in [3.8, 4) is 0 Å². The Morgan fingerprint density at radius 1 is 1.15 bits per heavy atom. The van der Waals surface area contributed by atoms with Crippen molar-refractivity contribution in [1.82, 2.24) is 0 Å². The minimum atomic E-state index is -0.943. The average molecular weight is 276 g/mol. The first-order valence-electron chi connectivity index (χ1n) is 7.06. The summed E-state index contributed by atoms with van der Waals surface area (Å²) >= 11 is 0. The first-order valence-corrected chi connectivity index (χ1v) is 7.06. The molecular weight excluding hydrogens is 252 g/mol. The Bertz CT molecular complexity index is 470. The summed E-state index contributed by atoms with van der Waals surface area (Å²) in [5, 5.41) is 8.82. The highest BCUT2D eigenvalue weighted by Crippen LogP contribution is 2.31. The molecule has 0 unspecified atom stereocenters. The predicted octanol–water partition coefficient (Wildman–Crippen LogP) is 3.96. The maximum absolute atomic E-state index is 12.0. The summed E-state index contributed by atoms with van der Waals surface area (Å²) in [4.78, 5) is 22.7. The van der Waals surface area contributed by atoms with Gasteiger partial charge >= 0.3 is 5.97 Å². The lowest BCUT2D eigenvalue weighted by Gasteiger charge is -2.28. The Labute approximate surface area is 121 Å². The van der Waals surface area contributed by atoms with Crippen LogP contribution in [-0.2, 0) is 11.2 Å². The van der Waals surface area contributed by atoms with Gasteiger partial charge in [0.05, 0.1) is 5.56 Å². The van der Waals surface area contributed by atoms with E-state index in [1.807, 2.05) is 0 Å². The average Bonchev–Trinajstić information content (AvgIpc) is 2.37. The Morgan fingerprint density at radius 2 is 1.70 bits per heavy atom. The number of Topliss-reactive ketones (excluding diaryl/α,β-unsaturated/α-hetero) is 1. The zero-order valence-electron chi connectivity index (χ0n) is 12.8. The number of hydrogen-bond acceptors (Lipinski definition) is 2. The summed E-state index contributed by atoms with van der Waals surface area (Å²) in [6, 6.07) is 6.52. The molecule has 1 N–H and O–H groups in total. The Morgan fingerprint density at radius 3 is 2.15 bits per heavy atom. The molecule has 0 saturated carbocycles. The van der Waals surface area contributed by atoms with E-state index < -0.39 is 5.97 Å². The van der Waals surface area contributed by atoms with Gasteiger partial charge in [-0.1, -0.05) is 39.8 Å². The van der Waals surface area contributed by atoms with Gasteiger partial charge in [0.1, 0.15) is 5.78 Å². The van der Waals surface area contributed by atoms with Gasteiger partial charge in [-0.3, -0.25) is 4.79 Å². The molecule has 0 saturated heterocycles. The Hall–Kier alpha value is -1.64. The first kappa shape index (κ1) is 16.4. The lowest BCUT2D eigenvalue weighted by atomic mass is 9.77. The van der Waals surface area contributed by atoms with E-state index in [1.165, 1.54) is 0 Å². The van der Waals surface area contributed by atoms with Crippen LogP contribution >= 0.6 is 0 Å². The number of carbonyl (C=O) groups is 2. The number of carbonyl (C=O) groups excluding carboxylic acids is 1. The fourth-order valence-corrected chi connectivity index (χ4v) is 1.83. The fraction of sp³-hybridized carbons (Fsp3) is 0.529. The van der Waals surface area contributed by atoms with Crippen molar-refractivity contribution < 1.29 is 14.7 Å². The number of ketones is 1. The van der Waals surface area contributed by atoms with E-state index in [9.17, 15) is 9.59 Å². The van der Waals surface area contributed by atoms with E-state index in [4.69, 9.17) is 5.11 Å². The molecule has 0 aromatic heterocycles. The smallest absolute Gasteiger partial charge is 0.335 e. The van der Waals surface area contributed by atoms with Gasteiger partial charge in [0.25, 0.3) is 0 Å². The van der Waals surface area contributed by atoms with Gasteiger partial charge in [0.15, 0.2) is 0 Å². The van der Waals surface area contributed by atoms with Crippen molar-refractivity contribution in [2.24, 2.45) is 11.3 Å². The van der Waals surface area contributed by atoms with Crippen LogP contribution in [0.25, 0.3) is 0 Å². The summed E-state index contributed by atoms with van der Waals surface area (Å²) in [6.45, 7) is 8.73. The maximum atomic E-state index is 12.0. The number of carboxylic acid groups (broad SMARTS) is 1. The largest absolute Gasteiger partial charge is 0.478 e. The van der Waals surface area contributed by atoms with Crippen molar-refractivity contribution in [3.63, 3.8) is 0 Å². The highest BCUT2D eigenvalue weighted by Gasteiger charge is 2.23. The van der Waals surface area contributed by atoms with E-state index in [1.54, 1.807) is 24.3 Å². The van der Waals surface area contributed by atoms with E-state index in [0.29, 0.717) is 18.8 Å². The summed E-state index contributed by atoms with van der Waals surface area (Å²) in [7, 11) is 0. The fourth-order valence-electron chi connectivity index (χ4n) is 1.83. The van der Waals surface area contributed by atoms with Crippen molar-refractivity contribution >= 4 is 11.8 Å². The minimum Gasteiger partial charge on any atom is -0.478 e. The van der Waals surface area contributed by atoms with Crippen LogP contribution in [0.15, 0.2) is 24.3 Å². The molecule has 0 aliphatic rings. The van der Waals surface area contributed by atoms with E-state index >= 15 is 0 Å². The van der Waals surface area contributed by atoms with Crippen LogP contribution in [0.2, 0.25) is 0 Å². The highest BCUT2D eigenvalue weighted by molar-refractivity contribution is 5.88. The molecule has 0 heterocycles. The number of benzene rings is 1. The van der Waals surface area contributed by atoms with E-state index in [-0.39, 0.29) is 16.8 Å². The van der Waals surface area contributed by atoms with Crippen LogP contribution in [0.4, 0.5) is 0 Å². The second-order valence-electron chi connectivity index (χ2n) is 6.36. The molecule has 0 fully saturated rings. The molecular formula is C17H24O3. The molecule has 0 atom stereocenters. The SMILES string of the molecule is CC(C)C(C)(C)CCC(=O)Cc1ccc(C(=O)O)cc1. The topological polar surface area (TPSA) is 54.4 Å². The van der Waals surface area contributed by atoms with E-state index in [0.717, 1.165) is 12.0 Å². The molecule has 0 spiro atoms. The number of carboxylic acids is 1. The second-order valence-corrected chi connectivity index (χ2v) is 6.36. The standard InChI is InChI=1S/C17H24O3/c1-12(2)17(3,4)10-9-15(18)11-13-5-7-14(8-6-13)16(19)20/h5-8,12H,9-11H2,1-4H3,(H,19,20). The number of hydrogen-bond donors (Lipinski definition) is 1. The van der Waals surface area contributed by atoms with Crippen molar-refractivity contribution in [2.75, 3.05) is 0 Å². The van der Waals surface area contributed by atoms with Crippen molar-refractivity contribution in [3.05, 3.63) is 35.4 Å². The number of aromatic carboxylic acids is 1. The molecule has 20 heavy (non-hydrogen) atoms. The van der Waals surface area contributed by atoms with Gasteiger partial charge in [-0.2, -0.15) is 0 Å². The van der Waals surface area contributed by atoms with Gasteiger partial charge in [-0.15, -0.1) is 0 Å². The molecule has 1 aromatic carbocycles. The molecule has 0 amide bonds. The molecule has 1 rings (SSSR count). The zero-order chi connectivity index (χ0) is 15.3. The Balaban J connectivity index is 2.52. The molecule has 3 nitrogen and oxygen atoms in total. The van der Waals surface area contributed by atoms with Gasteiger partial charge in [-0.05, 0) is 35.4 Å². The lowest BCUT2D eigenvalue weighted by Crippen LogP contribution is -2.20. The van der Waals surface area contributed by atoms with Crippen LogP contribution < -0.4 is 0 Å². The van der Waals surface area contributed by atoms with Gasteiger partial charge in [-0.25, -0.2) is 4.79 Å². The molecule has 110 valence electrons. The van der Waals surface area contributed by atoms with Crippen LogP contribution in [0, 0.1) is 11.3 Å². The van der Waals surface area contributed by atoms with Gasteiger partial charge < -0.3 is 5.11 Å². The minimum absolute atomic E-state index is 0.169. The quantitative estimate of drug-likeness (QED) is 0.820. The third-order valence-corrected chi connectivity index (χ3v) is 4.21. The van der Waals surface area contributed by atoms with Crippen LogP contribution in [0.5, 0.6) is 0 Å². The molecule has 0 aliphatic heterocycles. The van der Waals surface area contributed by atoms with Crippen molar-refractivity contribution in [1.29, 1.82) is 0 Å².